The Morgan fingerprint density at radius 1 is 1.00 bits per heavy atom. The molecule has 1 aliphatic heterocycles. The highest BCUT2D eigenvalue weighted by atomic mass is 32.2. The van der Waals surface area contributed by atoms with E-state index in [2.05, 4.69) is 5.32 Å². The number of amides is 2. The molecule has 3 aromatic carbocycles. The minimum absolute atomic E-state index is 0.140. The van der Waals surface area contributed by atoms with E-state index in [-0.39, 0.29) is 28.6 Å². The summed E-state index contributed by atoms with van der Waals surface area (Å²) in [5.41, 5.74) is 2.28. The Balaban J connectivity index is 1.61. The number of halogens is 1. The monoisotopic (exact) mass is 392 g/mol. The minimum Gasteiger partial charge on any atom is -0.322 e. The van der Waals surface area contributed by atoms with Crippen LogP contribution in [0.4, 0.5) is 15.8 Å². The first-order chi connectivity index (χ1) is 13.6. The molecule has 0 aliphatic carbocycles. The van der Waals surface area contributed by atoms with Crippen molar-refractivity contribution in [2.75, 3.05) is 16.0 Å². The van der Waals surface area contributed by atoms with Crippen LogP contribution in [0.5, 0.6) is 0 Å². The molecule has 1 heterocycles. The lowest BCUT2D eigenvalue weighted by Crippen LogP contribution is -2.28. The Labute approximate surface area is 166 Å². The standard InChI is InChI=1S/C22H17FN2O2S/c23-18-11-4-5-12-19(18)25-20(26)14-28-22(25)16-9-6-10-17(13-16)24-21(27)15-7-2-1-3-8-15/h1-13,22H,14H2,(H,24,27)/t22-/m1/s1. The Kier molecular flexibility index (Phi) is 5.12. The summed E-state index contributed by atoms with van der Waals surface area (Å²) >= 11 is 1.44. The molecule has 4 nitrogen and oxygen atoms in total. The maximum absolute atomic E-state index is 14.3. The van der Waals surface area contributed by atoms with Crippen LogP contribution in [-0.4, -0.2) is 17.6 Å². The predicted octanol–water partition coefficient (Wildman–Crippen LogP) is 4.86. The number of anilines is 2. The van der Waals surface area contributed by atoms with Crippen LogP contribution < -0.4 is 10.2 Å². The van der Waals surface area contributed by atoms with Crippen molar-refractivity contribution in [2.24, 2.45) is 0 Å². The number of para-hydroxylation sites is 1. The normalized spacial score (nSPS) is 16.2. The molecular weight excluding hydrogens is 375 g/mol. The second-order valence-corrected chi connectivity index (χ2v) is 7.39. The topological polar surface area (TPSA) is 49.4 Å². The summed E-state index contributed by atoms with van der Waals surface area (Å²) in [6.45, 7) is 0. The van der Waals surface area contributed by atoms with E-state index in [0.29, 0.717) is 11.3 Å². The van der Waals surface area contributed by atoms with Crippen molar-refractivity contribution in [3.63, 3.8) is 0 Å². The zero-order chi connectivity index (χ0) is 19.5. The molecule has 3 aromatic rings. The Morgan fingerprint density at radius 2 is 1.75 bits per heavy atom. The van der Waals surface area contributed by atoms with Crippen molar-refractivity contribution in [1.29, 1.82) is 0 Å². The quantitative estimate of drug-likeness (QED) is 0.690. The zero-order valence-electron chi connectivity index (χ0n) is 14.8. The average Bonchev–Trinajstić information content (AvgIpc) is 3.10. The Hall–Kier alpha value is -3.12. The second-order valence-electron chi connectivity index (χ2n) is 6.32. The summed E-state index contributed by atoms with van der Waals surface area (Å²) in [5.74, 6) is -0.505. The molecule has 1 saturated heterocycles. The number of hydrogen-bond acceptors (Lipinski definition) is 3. The van der Waals surface area contributed by atoms with Gasteiger partial charge in [-0.25, -0.2) is 4.39 Å². The number of hydrogen-bond donors (Lipinski definition) is 1. The van der Waals surface area contributed by atoms with E-state index in [4.69, 9.17) is 0 Å². The van der Waals surface area contributed by atoms with E-state index < -0.39 is 5.82 Å². The summed E-state index contributed by atoms with van der Waals surface area (Å²) in [6, 6.07) is 22.5. The molecule has 0 unspecified atom stereocenters. The lowest BCUT2D eigenvalue weighted by molar-refractivity contribution is -0.115. The number of benzene rings is 3. The summed E-state index contributed by atoms with van der Waals surface area (Å²) in [6.07, 6.45) is 0. The van der Waals surface area contributed by atoms with Crippen LogP contribution in [0.15, 0.2) is 78.9 Å². The Bertz CT molecular complexity index is 1030. The zero-order valence-corrected chi connectivity index (χ0v) is 15.7. The SMILES string of the molecule is O=C(Nc1cccc([C@H]2SCC(=O)N2c2ccccc2F)c1)c1ccccc1. The van der Waals surface area contributed by atoms with Crippen LogP contribution in [0.3, 0.4) is 0 Å². The fourth-order valence-electron chi connectivity index (χ4n) is 3.14. The van der Waals surface area contributed by atoms with Crippen LogP contribution in [0.2, 0.25) is 0 Å². The molecule has 4 rings (SSSR count). The first kappa shape index (κ1) is 18.3. The number of thioether (sulfide) groups is 1. The fourth-order valence-corrected chi connectivity index (χ4v) is 4.30. The van der Waals surface area contributed by atoms with Gasteiger partial charge in [0, 0.05) is 11.3 Å². The van der Waals surface area contributed by atoms with Gasteiger partial charge in [0.15, 0.2) is 0 Å². The molecule has 1 N–H and O–H groups in total. The van der Waals surface area contributed by atoms with Crippen LogP contribution >= 0.6 is 11.8 Å². The largest absolute Gasteiger partial charge is 0.322 e. The maximum Gasteiger partial charge on any atom is 0.255 e. The molecule has 0 radical (unpaired) electrons. The van der Waals surface area contributed by atoms with Gasteiger partial charge < -0.3 is 5.32 Å². The minimum atomic E-state index is -0.433. The van der Waals surface area contributed by atoms with Gasteiger partial charge >= 0.3 is 0 Å². The average molecular weight is 392 g/mol. The van der Waals surface area contributed by atoms with Crippen LogP contribution in [0.25, 0.3) is 0 Å². The molecular formula is C22H17FN2O2S. The molecule has 1 aliphatic rings. The van der Waals surface area contributed by atoms with E-state index in [9.17, 15) is 14.0 Å². The molecule has 0 aromatic heterocycles. The van der Waals surface area contributed by atoms with Gasteiger partial charge in [0.1, 0.15) is 11.2 Å². The van der Waals surface area contributed by atoms with Crippen LogP contribution in [0, 0.1) is 5.82 Å². The molecule has 2 amide bonds. The van der Waals surface area contributed by atoms with Crippen LogP contribution in [0.1, 0.15) is 21.3 Å². The van der Waals surface area contributed by atoms with Gasteiger partial charge in [0.2, 0.25) is 5.91 Å². The van der Waals surface area contributed by atoms with Crippen molar-refractivity contribution >= 4 is 35.0 Å². The smallest absolute Gasteiger partial charge is 0.255 e. The van der Waals surface area contributed by atoms with Gasteiger partial charge in [-0.05, 0) is 42.0 Å². The van der Waals surface area contributed by atoms with Crippen molar-refractivity contribution in [3.05, 3.63) is 95.8 Å². The number of rotatable bonds is 4. The van der Waals surface area contributed by atoms with E-state index in [0.717, 1.165) is 5.56 Å². The first-order valence-electron chi connectivity index (χ1n) is 8.78. The van der Waals surface area contributed by atoms with Gasteiger partial charge in [-0.15, -0.1) is 11.8 Å². The number of nitrogens with zero attached hydrogens (tertiary/aromatic N) is 1. The highest BCUT2D eigenvalue weighted by Crippen LogP contribution is 2.42. The van der Waals surface area contributed by atoms with Crippen molar-refractivity contribution in [2.45, 2.75) is 5.37 Å². The molecule has 6 heteroatoms. The number of carbonyl (C=O) groups excluding carboxylic acids is 2. The van der Waals surface area contributed by atoms with Gasteiger partial charge in [0.25, 0.3) is 5.91 Å². The van der Waals surface area contributed by atoms with Gasteiger partial charge in [0.05, 0.1) is 11.4 Å². The van der Waals surface area contributed by atoms with Crippen molar-refractivity contribution in [1.82, 2.24) is 0 Å². The van der Waals surface area contributed by atoms with Gasteiger partial charge in [-0.2, -0.15) is 0 Å². The van der Waals surface area contributed by atoms with Crippen molar-refractivity contribution < 1.29 is 14.0 Å². The summed E-state index contributed by atoms with van der Waals surface area (Å²) < 4.78 is 14.3. The van der Waals surface area contributed by atoms with Crippen LogP contribution in [-0.2, 0) is 4.79 Å². The van der Waals surface area contributed by atoms with E-state index >= 15 is 0 Å². The lowest BCUT2D eigenvalue weighted by Gasteiger charge is -2.25. The predicted molar refractivity (Wildman–Crippen MR) is 110 cm³/mol. The third-order valence-corrected chi connectivity index (χ3v) is 5.66. The molecule has 140 valence electrons. The summed E-state index contributed by atoms with van der Waals surface area (Å²) in [5, 5.41) is 2.52. The number of carbonyl (C=O) groups is 2. The van der Waals surface area contributed by atoms with Crippen molar-refractivity contribution in [3.8, 4) is 0 Å². The summed E-state index contributed by atoms with van der Waals surface area (Å²) in [4.78, 5) is 26.3. The van der Waals surface area contributed by atoms with E-state index in [1.807, 2.05) is 24.3 Å². The highest BCUT2D eigenvalue weighted by Gasteiger charge is 2.35. The molecule has 0 bridgehead atoms. The van der Waals surface area contributed by atoms with E-state index in [1.54, 1.807) is 48.5 Å². The maximum atomic E-state index is 14.3. The lowest BCUT2D eigenvalue weighted by atomic mass is 10.1. The molecule has 1 fully saturated rings. The highest BCUT2D eigenvalue weighted by molar-refractivity contribution is 8.00. The third kappa shape index (κ3) is 3.64. The van der Waals surface area contributed by atoms with Gasteiger partial charge in [-0.3, -0.25) is 14.5 Å². The summed E-state index contributed by atoms with van der Waals surface area (Å²) in [7, 11) is 0. The van der Waals surface area contributed by atoms with Gasteiger partial charge in [-0.1, -0.05) is 42.5 Å². The second kappa shape index (κ2) is 7.86. The van der Waals surface area contributed by atoms with E-state index in [1.165, 1.54) is 22.7 Å². The third-order valence-electron chi connectivity index (χ3n) is 4.45. The molecule has 1 atom stereocenters. The fraction of sp³-hybridized carbons (Fsp3) is 0.0909. The molecule has 0 saturated carbocycles. The molecule has 28 heavy (non-hydrogen) atoms. The first-order valence-corrected chi connectivity index (χ1v) is 9.83. The molecule has 0 spiro atoms. The Morgan fingerprint density at radius 3 is 2.54 bits per heavy atom. The number of nitrogens with one attached hydrogen (secondary N) is 1.